The average Bonchev–Trinajstić information content (AvgIpc) is 2.00. The first-order chi connectivity index (χ1) is 6.89. The molecule has 0 heterocycles. The Hall–Kier alpha value is -0.420. The number of nitrogens with one attached hydrogen (secondary N) is 1. The van der Waals surface area contributed by atoms with Crippen LogP contribution < -0.4 is 5.32 Å². The van der Waals surface area contributed by atoms with Gasteiger partial charge in [-0.3, -0.25) is 0 Å². The fraction of sp³-hybridized carbons (Fsp3) is 0.900. The van der Waals surface area contributed by atoms with Gasteiger partial charge in [-0.15, -0.1) is 0 Å². The molecule has 1 atom stereocenters. The number of ether oxygens (including phenoxy) is 1. The molecule has 1 amide bonds. The fourth-order valence-electron chi connectivity index (χ4n) is 1.03. The normalized spacial score (nSPS) is 13.4. The van der Waals surface area contributed by atoms with E-state index in [-0.39, 0.29) is 12.6 Å². The molecular weight excluding hydrogens is 214 g/mol. The quantitative estimate of drug-likeness (QED) is 0.760. The first-order valence-electron chi connectivity index (χ1n) is 4.98. The van der Waals surface area contributed by atoms with Gasteiger partial charge in [-0.2, -0.15) is 11.8 Å². The van der Waals surface area contributed by atoms with Gasteiger partial charge in [0.15, 0.2) is 0 Å². The minimum atomic E-state index is -0.479. The van der Waals surface area contributed by atoms with Crippen LogP contribution in [-0.4, -0.2) is 41.5 Å². The Kier molecular flexibility index (Phi) is 6.76. The molecule has 0 fully saturated rings. The van der Waals surface area contributed by atoms with E-state index in [1.165, 1.54) is 0 Å². The van der Waals surface area contributed by atoms with Gasteiger partial charge in [0.05, 0.1) is 0 Å². The number of aliphatic hydroxyl groups excluding tert-OH is 1. The van der Waals surface area contributed by atoms with E-state index in [9.17, 15) is 4.79 Å². The largest absolute Gasteiger partial charge is 0.444 e. The number of aliphatic hydroxyl groups is 1. The highest BCUT2D eigenvalue weighted by Crippen LogP contribution is 2.08. The lowest BCUT2D eigenvalue weighted by Crippen LogP contribution is -2.40. The third kappa shape index (κ3) is 8.57. The number of rotatable bonds is 5. The summed E-state index contributed by atoms with van der Waals surface area (Å²) < 4.78 is 5.12. The molecule has 0 saturated carbocycles. The van der Waals surface area contributed by atoms with E-state index in [0.717, 1.165) is 5.75 Å². The lowest BCUT2D eigenvalue weighted by atomic mass is 10.2. The molecule has 0 saturated heterocycles. The van der Waals surface area contributed by atoms with Crippen LogP contribution in [-0.2, 0) is 4.74 Å². The first kappa shape index (κ1) is 14.6. The van der Waals surface area contributed by atoms with E-state index in [2.05, 4.69) is 5.32 Å². The van der Waals surface area contributed by atoms with Gasteiger partial charge >= 0.3 is 6.09 Å². The lowest BCUT2D eigenvalue weighted by Gasteiger charge is -2.22. The maximum Gasteiger partial charge on any atom is 0.407 e. The van der Waals surface area contributed by atoms with Gasteiger partial charge in [-0.1, -0.05) is 0 Å². The van der Waals surface area contributed by atoms with E-state index in [1.54, 1.807) is 11.8 Å². The maximum absolute atomic E-state index is 11.4. The molecular formula is C10H21NO3S. The van der Waals surface area contributed by atoms with Gasteiger partial charge in [0.1, 0.15) is 5.60 Å². The Morgan fingerprint density at radius 3 is 2.53 bits per heavy atom. The van der Waals surface area contributed by atoms with Crippen molar-refractivity contribution < 1.29 is 14.6 Å². The van der Waals surface area contributed by atoms with Crippen molar-refractivity contribution in [2.24, 2.45) is 0 Å². The average molecular weight is 235 g/mol. The summed E-state index contributed by atoms with van der Waals surface area (Å²) in [5, 5.41) is 11.5. The molecule has 0 aliphatic heterocycles. The number of carbonyl (C=O) groups is 1. The summed E-state index contributed by atoms with van der Waals surface area (Å²) in [6.45, 7) is 5.54. The topological polar surface area (TPSA) is 58.6 Å². The molecule has 1 unspecified atom stereocenters. The van der Waals surface area contributed by atoms with Crippen LogP contribution in [0, 0.1) is 0 Å². The molecule has 0 aliphatic carbocycles. The molecule has 0 aromatic rings. The predicted octanol–water partition coefficient (Wildman–Crippen LogP) is 1.63. The van der Waals surface area contributed by atoms with Crippen LogP contribution in [0.3, 0.4) is 0 Å². The van der Waals surface area contributed by atoms with Crippen molar-refractivity contribution in [3.63, 3.8) is 0 Å². The fourth-order valence-corrected chi connectivity index (χ4v) is 1.68. The molecule has 0 rings (SSSR count). The van der Waals surface area contributed by atoms with Crippen LogP contribution in [0.25, 0.3) is 0 Å². The second-order valence-electron chi connectivity index (χ2n) is 4.31. The molecule has 2 N–H and O–H groups in total. The van der Waals surface area contributed by atoms with Gasteiger partial charge in [-0.05, 0) is 33.4 Å². The van der Waals surface area contributed by atoms with Crippen molar-refractivity contribution in [3.8, 4) is 0 Å². The lowest BCUT2D eigenvalue weighted by molar-refractivity contribution is 0.0503. The van der Waals surface area contributed by atoms with Crippen molar-refractivity contribution in [2.45, 2.75) is 38.8 Å². The second-order valence-corrected chi connectivity index (χ2v) is 5.22. The Balaban J connectivity index is 3.99. The number of hydrogen-bond donors (Lipinski definition) is 2. The van der Waals surface area contributed by atoms with E-state index in [0.29, 0.717) is 6.42 Å². The summed E-state index contributed by atoms with van der Waals surface area (Å²) in [5.41, 5.74) is -0.479. The summed E-state index contributed by atoms with van der Waals surface area (Å²) in [7, 11) is 0. The van der Waals surface area contributed by atoms with Gasteiger partial charge in [-0.25, -0.2) is 4.79 Å². The van der Waals surface area contributed by atoms with Crippen molar-refractivity contribution in [3.05, 3.63) is 0 Å². The minimum Gasteiger partial charge on any atom is -0.444 e. The number of carbonyl (C=O) groups excluding carboxylic acids is 1. The smallest absolute Gasteiger partial charge is 0.407 e. The van der Waals surface area contributed by atoms with E-state index >= 15 is 0 Å². The number of hydrogen-bond acceptors (Lipinski definition) is 4. The predicted molar refractivity (Wildman–Crippen MR) is 63.2 cm³/mol. The van der Waals surface area contributed by atoms with Crippen LogP contribution in [0.5, 0.6) is 0 Å². The SMILES string of the molecule is CSCC(CCO)NC(=O)OC(C)(C)C. The maximum atomic E-state index is 11.4. The molecule has 0 aromatic carbocycles. The van der Waals surface area contributed by atoms with Gasteiger partial charge < -0.3 is 15.2 Å². The zero-order valence-electron chi connectivity index (χ0n) is 9.87. The summed E-state index contributed by atoms with van der Waals surface area (Å²) in [4.78, 5) is 11.4. The van der Waals surface area contributed by atoms with E-state index in [4.69, 9.17) is 9.84 Å². The number of amides is 1. The van der Waals surface area contributed by atoms with Gasteiger partial charge in [0.2, 0.25) is 0 Å². The minimum absolute atomic E-state index is 0.0279. The summed E-state index contributed by atoms with van der Waals surface area (Å²) in [6.07, 6.45) is 2.09. The Labute approximate surface area is 95.8 Å². The van der Waals surface area contributed by atoms with Crippen LogP contribution in [0.2, 0.25) is 0 Å². The highest BCUT2D eigenvalue weighted by Gasteiger charge is 2.18. The van der Waals surface area contributed by atoms with Crippen LogP contribution in [0.15, 0.2) is 0 Å². The molecule has 0 bridgehead atoms. The zero-order valence-corrected chi connectivity index (χ0v) is 10.7. The standard InChI is InChI=1S/C10H21NO3S/c1-10(2,3)14-9(13)11-8(5-6-12)7-15-4/h8,12H,5-7H2,1-4H3,(H,11,13). The Morgan fingerprint density at radius 2 is 2.13 bits per heavy atom. The van der Waals surface area contributed by atoms with Crippen molar-refractivity contribution in [1.82, 2.24) is 5.32 Å². The van der Waals surface area contributed by atoms with E-state index in [1.807, 2.05) is 27.0 Å². The Bertz CT molecular complexity index is 186. The number of alkyl carbamates (subject to hydrolysis) is 1. The number of thioether (sulfide) groups is 1. The molecule has 0 aliphatic rings. The van der Waals surface area contributed by atoms with Crippen molar-refractivity contribution in [2.75, 3.05) is 18.6 Å². The zero-order chi connectivity index (χ0) is 11.9. The van der Waals surface area contributed by atoms with Crippen LogP contribution in [0.1, 0.15) is 27.2 Å². The summed E-state index contributed by atoms with van der Waals surface area (Å²) >= 11 is 1.63. The van der Waals surface area contributed by atoms with Crippen LogP contribution >= 0.6 is 11.8 Å². The van der Waals surface area contributed by atoms with Crippen molar-refractivity contribution in [1.29, 1.82) is 0 Å². The molecule has 0 radical (unpaired) electrons. The molecule has 4 nitrogen and oxygen atoms in total. The third-order valence-corrected chi connectivity index (χ3v) is 2.30. The third-order valence-electron chi connectivity index (χ3n) is 1.57. The van der Waals surface area contributed by atoms with Crippen molar-refractivity contribution >= 4 is 17.9 Å². The molecule has 0 aromatic heterocycles. The highest BCUT2D eigenvalue weighted by molar-refractivity contribution is 7.98. The van der Waals surface area contributed by atoms with Gasteiger partial charge in [0, 0.05) is 18.4 Å². The monoisotopic (exact) mass is 235 g/mol. The van der Waals surface area contributed by atoms with E-state index < -0.39 is 11.7 Å². The molecule has 15 heavy (non-hydrogen) atoms. The van der Waals surface area contributed by atoms with Crippen LogP contribution in [0.4, 0.5) is 4.79 Å². The first-order valence-corrected chi connectivity index (χ1v) is 6.37. The summed E-state index contributed by atoms with van der Waals surface area (Å²) in [6, 6.07) is -0.0279. The molecule has 90 valence electrons. The van der Waals surface area contributed by atoms with Gasteiger partial charge in [0.25, 0.3) is 0 Å². The summed E-state index contributed by atoms with van der Waals surface area (Å²) in [5.74, 6) is 0.778. The highest BCUT2D eigenvalue weighted by atomic mass is 32.2. The molecule has 0 spiro atoms. The Morgan fingerprint density at radius 1 is 1.53 bits per heavy atom. The second kappa shape index (κ2) is 6.95. The molecule has 5 heteroatoms.